The van der Waals surface area contributed by atoms with Gasteiger partial charge in [0.1, 0.15) is 0 Å². The standard InChI is InChI=1S/C5H12N2O3/c6-3-2(8)1-10-5(9)4(3)7/h2-5,8-9H,1,6-7H2/t2-,3+,4-,5?/m0/s1. The van der Waals surface area contributed by atoms with Crippen molar-refractivity contribution in [1.29, 1.82) is 0 Å². The van der Waals surface area contributed by atoms with E-state index >= 15 is 0 Å². The molecule has 0 spiro atoms. The average Bonchev–Trinajstić information content (AvgIpc) is 1.93. The van der Waals surface area contributed by atoms with E-state index in [9.17, 15) is 0 Å². The Morgan fingerprint density at radius 2 is 1.80 bits per heavy atom. The van der Waals surface area contributed by atoms with Crippen molar-refractivity contribution in [2.45, 2.75) is 24.5 Å². The van der Waals surface area contributed by atoms with Crippen LogP contribution in [0.1, 0.15) is 0 Å². The van der Waals surface area contributed by atoms with Crippen LogP contribution in [0.25, 0.3) is 0 Å². The van der Waals surface area contributed by atoms with Crippen LogP contribution >= 0.6 is 0 Å². The lowest BCUT2D eigenvalue weighted by molar-refractivity contribution is -0.173. The minimum Gasteiger partial charge on any atom is -0.389 e. The van der Waals surface area contributed by atoms with Crippen LogP contribution in [0.5, 0.6) is 0 Å². The minimum absolute atomic E-state index is 0.0516. The van der Waals surface area contributed by atoms with Gasteiger partial charge in [-0.15, -0.1) is 0 Å². The topological polar surface area (TPSA) is 102 Å². The first-order valence-electron chi connectivity index (χ1n) is 3.12. The number of hydrogen-bond donors (Lipinski definition) is 4. The van der Waals surface area contributed by atoms with E-state index in [-0.39, 0.29) is 6.61 Å². The Labute approximate surface area is 58.6 Å². The third-order valence-electron chi connectivity index (χ3n) is 1.66. The zero-order valence-corrected chi connectivity index (χ0v) is 5.47. The molecule has 0 aromatic heterocycles. The summed E-state index contributed by atoms with van der Waals surface area (Å²) in [5.74, 6) is 0. The van der Waals surface area contributed by atoms with Gasteiger partial charge in [0.2, 0.25) is 0 Å². The summed E-state index contributed by atoms with van der Waals surface area (Å²) < 4.78 is 4.67. The molecule has 5 heteroatoms. The van der Waals surface area contributed by atoms with E-state index in [1.54, 1.807) is 0 Å². The average molecular weight is 148 g/mol. The van der Waals surface area contributed by atoms with Crippen LogP contribution in [0, 0.1) is 0 Å². The van der Waals surface area contributed by atoms with Crippen molar-refractivity contribution in [3.8, 4) is 0 Å². The van der Waals surface area contributed by atoms with Gasteiger partial charge in [0.15, 0.2) is 6.29 Å². The molecule has 10 heavy (non-hydrogen) atoms. The lowest BCUT2D eigenvalue weighted by Gasteiger charge is -2.33. The van der Waals surface area contributed by atoms with Crippen molar-refractivity contribution in [2.24, 2.45) is 11.5 Å². The maximum absolute atomic E-state index is 9.02. The van der Waals surface area contributed by atoms with Gasteiger partial charge in [0.25, 0.3) is 0 Å². The summed E-state index contributed by atoms with van der Waals surface area (Å²) in [4.78, 5) is 0. The molecule has 6 N–H and O–H groups in total. The fourth-order valence-electron chi connectivity index (χ4n) is 0.866. The Kier molecular flexibility index (Phi) is 2.22. The first kappa shape index (κ1) is 7.90. The molecule has 0 aromatic rings. The molecular formula is C5H12N2O3. The van der Waals surface area contributed by atoms with E-state index in [1.807, 2.05) is 0 Å². The van der Waals surface area contributed by atoms with Crippen LogP contribution in [0.3, 0.4) is 0 Å². The highest BCUT2D eigenvalue weighted by Crippen LogP contribution is 2.09. The summed E-state index contributed by atoms with van der Waals surface area (Å²) in [6.45, 7) is 0.0516. The van der Waals surface area contributed by atoms with Gasteiger partial charge in [0.05, 0.1) is 24.8 Å². The van der Waals surface area contributed by atoms with Crippen LogP contribution < -0.4 is 11.5 Å². The number of aliphatic hydroxyl groups excluding tert-OH is 2. The molecule has 1 unspecified atom stereocenters. The largest absolute Gasteiger partial charge is 0.389 e. The van der Waals surface area contributed by atoms with Gasteiger partial charge in [-0.1, -0.05) is 0 Å². The normalized spacial score (nSPS) is 49.2. The molecule has 0 bridgehead atoms. The summed E-state index contributed by atoms with van der Waals surface area (Å²) in [7, 11) is 0. The maximum Gasteiger partial charge on any atom is 0.171 e. The molecule has 1 fully saturated rings. The van der Waals surface area contributed by atoms with E-state index in [0.717, 1.165) is 0 Å². The highest BCUT2D eigenvalue weighted by molar-refractivity contribution is 4.88. The van der Waals surface area contributed by atoms with Gasteiger partial charge in [-0.2, -0.15) is 0 Å². The lowest BCUT2D eigenvalue weighted by atomic mass is 10.0. The molecule has 60 valence electrons. The maximum atomic E-state index is 9.02. The Hall–Kier alpha value is -0.200. The van der Waals surface area contributed by atoms with Crippen LogP contribution in [0.2, 0.25) is 0 Å². The molecule has 0 aromatic carbocycles. The van der Waals surface area contributed by atoms with Crippen LogP contribution in [0.4, 0.5) is 0 Å². The Morgan fingerprint density at radius 1 is 1.20 bits per heavy atom. The SMILES string of the molecule is N[C@H]1[C@H](N)C(O)OC[C@@H]1O. The highest BCUT2D eigenvalue weighted by atomic mass is 16.6. The molecule has 0 radical (unpaired) electrons. The molecule has 0 saturated carbocycles. The van der Waals surface area contributed by atoms with Gasteiger partial charge in [-0.25, -0.2) is 0 Å². The third-order valence-corrected chi connectivity index (χ3v) is 1.66. The van der Waals surface area contributed by atoms with Crippen molar-refractivity contribution in [2.75, 3.05) is 6.61 Å². The minimum atomic E-state index is -1.04. The van der Waals surface area contributed by atoms with Crippen molar-refractivity contribution in [3.63, 3.8) is 0 Å². The monoisotopic (exact) mass is 148 g/mol. The first-order valence-corrected chi connectivity index (χ1v) is 3.12. The van der Waals surface area contributed by atoms with E-state index < -0.39 is 24.5 Å². The summed E-state index contributed by atoms with van der Waals surface area (Å²) in [5.41, 5.74) is 10.7. The first-order chi connectivity index (χ1) is 4.63. The van der Waals surface area contributed by atoms with E-state index in [2.05, 4.69) is 4.74 Å². The van der Waals surface area contributed by atoms with Crippen molar-refractivity contribution < 1.29 is 14.9 Å². The third kappa shape index (κ3) is 1.28. The quantitative estimate of drug-likeness (QED) is 0.300. The van der Waals surface area contributed by atoms with Crippen molar-refractivity contribution >= 4 is 0 Å². The second-order valence-corrected chi connectivity index (χ2v) is 2.45. The highest BCUT2D eigenvalue weighted by Gasteiger charge is 2.33. The predicted octanol–water partition coefficient (Wildman–Crippen LogP) is -2.65. The summed E-state index contributed by atoms with van der Waals surface area (Å²) in [5, 5.41) is 18.0. The number of ether oxygens (including phenoxy) is 1. The van der Waals surface area contributed by atoms with Crippen LogP contribution in [-0.4, -0.2) is 41.3 Å². The predicted molar refractivity (Wildman–Crippen MR) is 33.9 cm³/mol. The summed E-state index contributed by atoms with van der Waals surface area (Å²) in [6, 6.07) is -1.28. The second kappa shape index (κ2) is 2.81. The summed E-state index contributed by atoms with van der Waals surface area (Å²) in [6.07, 6.45) is -1.81. The Morgan fingerprint density at radius 3 is 2.30 bits per heavy atom. The number of aliphatic hydroxyl groups is 2. The molecule has 1 heterocycles. The Bertz CT molecular complexity index is 107. The Balaban J connectivity index is 2.52. The van der Waals surface area contributed by atoms with E-state index in [1.165, 1.54) is 0 Å². The number of hydrogen-bond acceptors (Lipinski definition) is 5. The zero-order chi connectivity index (χ0) is 7.72. The van der Waals surface area contributed by atoms with Crippen molar-refractivity contribution in [3.05, 3.63) is 0 Å². The molecule has 1 aliphatic rings. The molecule has 4 atom stereocenters. The fourth-order valence-corrected chi connectivity index (χ4v) is 0.866. The zero-order valence-electron chi connectivity index (χ0n) is 5.47. The van der Waals surface area contributed by atoms with Gasteiger partial charge in [0, 0.05) is 0 Å². The fraction of sp³-hybridized carbons (Fsp3) is 1.00. The number of rotatable bonds is 0. The smallest absolute Gasteiger partial charge is 0.171 e. The molecular weight excluding hydrogens is 136 g/mol. The van der Waals surface area contributed by atoms with Crippen molar-refractivity contribution in [1.82, 2.24) is 0 Å². The number of nitrogens with two attached hydrogens (primary N) is 2. The van der Waals surface area contributed by atoms with Gasteiger partial charge < -0.3 is 26.4 Å². The van der Waals surface area contributed by atoms with E-state index in [4.69, 9.17) is 21.7 Å². The molecule has 1 saturated heterocycles. The van der Waals surface area contributed by atoms with Gasteiger partial charge in [-0.05, 0) is 0 Å². The molecule has 1 aliphatic heterocycles. The molecule has 0 aliphatic carbocycles. The molecule has 0 amide bonds. The summed E-state index contributed by atoms with van der Waals surface area (Å²) >= 11 is 0. The second-order valence-electron chi connectivity index (χ2n) is 2.45. The molecule has 5 nitrogen and oxygen atoms in total. The van der Waals surface area contributed by atoms with Gasteiger partial charge >= 0.3 is 0 Å². The molecule has 1 rings (SSSR count). The van der Waals surface area contributed by atoms with Gasteiger partial charge in [-0.3, -0.25) is 0 Å². The van der Waals surface area contributed by atoms with E-state index in [0.29, 0.717) is 0 Å². The van der Waals surface area contributed by atoms with Crippen LogP contribution in [0.15, 0.2) is 0 Å². The lowest BCUT2D eigenvalue weighted by Crippen LogP contribution is -2.61. The van der Waals surface area contributed by atoms with Crippen LogP contribution in [-0.2, 0) is 4.74 Å².